The molecular formula is C12H16N4. The summed E-state index contributed by atoms with van der Waals surface area (Å²) >= 11 is 0. The molecule has 0 saturated heterocycles. The summed E-state index contributed by atoms with van der Waals surface area (Å²) in [6.07, 6.45) is 2.74. The van der Waals surface area contributed by atoms with Crippen LogP contribution in [-0.4, -0.2) is 22.8 Å². The average molecular weight is 216 g/mol. The van der Waals surface area contributed by atoms with Crippen molar-refractivity contribution in [3.05, 3.63) is 30.5 Å². The van der Waals surface area contributed by atoms with E-state index in [9.17, 15) is 0 Å². The third kappa shape index (κ3) is 2.12. The molecule has 0 bridgehead atoms. The first-order valence-electron chi connectivity index (χ1n) is 5.52. The van der Waals surface area contributed by atoms with Crippen molar-refractivity contribution in [2.24, 2.45) is 5.73 Å². The molecule has 4 nitrogen and oxygen atoms in total. The number of nitrogens with two attached hydrogens (primary N) is 1. The molecule has 84 valence electrons. The van der Waals surface area contributed by atoms with Gasteiger partial charge >= 0.3 is 0 Å². The minimum atomic E-state index is 0.285. The predicted molar refractivity (Wildman–Crippen MR) is 66.3 cm³/mol. The Kier molecular flexibility index (Phi) is 3.31. The van der Waals surface area contributed by atoms with Crippen LogP contribution in [0.2, 0.25) is 0 Å². The van der Waals surface area contributed by atoms with Gasteiger partial charge in [-0.25, -0.2) is 0 Å². The Morgan fingerprint density at radius 2 is 2.19 bits per heavy atom. The molecular weight excluding hydrogens is 200 g/mol. The molecule has 1 unspecified atom stereocenters. The zero-order chi connectivity index (χ0) is 11.4. The average Bonchev–Trinajstić information content (AvgIpc) is 2.36. The van der Waals surface area contributed by atoms with Gasteiger partial charge in [0, 0.05) is 18.0 Å². The fourth-order valence-corrected chi connectivity index (χ4v) is 1.67. The smallest absolute Gasteiger partial charge is 0.0950 e. The summed E-state index contributed by atoms with van der Waals surface area (Å²) in [4.78, 5) is 0. The van der Waals surface area contributed by atoms with Crippen LogP contribution in [-0.2, 0) is 0 Å². The Bertz CT molecular complexity index is 460. The molecule has 0 aliphatic carbocycles. The van der Waals surface area contributed by atoms with Gasteiger partial charge in [0.05, 0.1) is 17.4 Å². The van der Waals surface area contributed by atoms with Crippen molar-refractivity contribution < 1.29 is 0 Å². The Balaban J connectivity index is 2.36. The lowest BCUT2D eigenvalue weighted by molar-refractivity contribution is 0.703. The van der Waals surface area contributed by atoms with Crippen molar-refractivity contribution in [2.75, 3.05) is 11.9 Å². The van der Waals surface area contributed by atoms with Crippen LogP contribution < -0.4 is 11.1 Å². The minimum absolute atomic E-state index is 0.285. The third-order valence-electron chi connectivity index (χ3n) is 2.68. The van der Waals surface area contributed by atoms with Gasteiger partial charge in [0.25, 0.3) is 0 Å². The molecule has 4 heteroatoms. The molecule has 0 saturated carbocycles. The molecule has 2 aromatic rings. The zero-order valence-corrected chi connectivity index (χ0v) is 9.35. The number of fused-ring (bicyclic) bond motifs is 1. The van der Waals surface area contributed by atoms with Crippen molar-refractivity contribution >= 4 is 16.6 Å². The number of rotatable bonds is 4. The van der Waals surface area contributed by atoms with Gasteiger partial charge in [-0.1, -0.05) is 25.1 Å². The summed E-state index contributed by atoms with van der Waals surface area (Å²) < 4.78 is 0. The highest BCUT2D eigenvalue weighted by atomic mass is 15.1. The highest BCUT2D eigenvalue weighted by molar-refractivity contribution is 5.90. The Morgan fingerprint density at radius 1 is 1.38 bits per heavy atom. The quantitative estimate of drug-likeness (QED) is 0.817. The summed E-state index contributed by atoms with van der Waals surface area (Å²) in [5, 5.41) is 12.5. The summed E-state index contributed by atoms with van der Waals surface area (Å²) in [7, 11) is 0. The second kappa shape index (κ2) is 4.90. The topological polar surface area (TPSA) is 63.8 Å². The van der Waals surface area contributed by atoms with Gasteiger partial charge < -0.3 is 11.1 Å². The van der Waals surface area contributed by atoms with Crippen LogP contribution in [0.4, 0.5) is 5.69 Å². The van der Waals surface area contributed by atoms with Crippen LogP contribution in [0.3, 0.4) is 0 Å². The van der Waals surface area contributed by atoms with Gasteiger partial charge in [-0.2, -0.15) is 10.2 Å². The number of benzene rings is 1. The van der Waals surface area contributed by atoms with Gasteiger partial charge in [-0.05, 0) is 12.5 Å². The van der Waals surface area contributed by atoms with Crippen LogP contribution in [0.15, 0.2) is 30.5 Å². The molecule has 0 amide bonds. The van der Waals surface area contributed by atoms with Crippen molar-refractivity contribution in [2.45, 2.75) is 19.4 Å². The van der Waals surface area contributed by atoms with Crippen LogP contribution in [0.1, 0.15) is 13.3 Å². The number of nitrogens with zero attached hydrogens (tertiary/aromatic N) is 2. The number of aromatic nitrogens is 2. The van der Waals surface area contributed by atoms with Gasteiger partial charge in [0.2, 0.25) is 0 Å². The molecule has 2 rings (SSSR count). The van der Waals surface area contributed by atoms with E-state index in [0.717, 1.165) is 23.0 Å². The first-order valence-corrected chi connectivity index (χ1v) is 5.52. The SMILES string of the molecule is CCC(CN)Nc1cnnc2ccccc12. The van der Waals surface area contributed by atoms with E-state index in [1.165, 1.54) is 0 Å². The fourth-order valence-electron chi connectivity index (χ4n) is 1.67. The number of nitrogens with one attached hydrogen (secondary N) is 1. The van der Waals surface area contributed by atoms with Gasteiger partial charge in [0.1, 0.15) is 0 Å². The molecule has 1 aromatic carbocycles. The number of hydrogen-bond donors (Lipinski definition) is 2. The van der Waals surface area contributed by atoms with Crippen LogP contribution in [0, 0.1) is 0 Å². The van der Waals surface area contributed by atoms with E-state index in [-0.39, 0.29) is 6.04 Å². The summed E-state index contributed by atoms with van der Waals surface area (Å²) in [6, 6.07) is 8.24. The van der Waals surface area contributed by atoms with E-state index in [1.807, 2.05) is 24.3 Å². The molecule has 0 aliphatic rings. The van der Waals surface area contributed by atoms with Gasteiger partial charge in [-0.15, -0.1) is 0 Å². The van der Waals surface area contributed by atoms with E-state index in [4.69, 9.17) is 5.73 Å². The van der Waals surface area contributed by atoms with Crippen molar-refractivity contribution in [3.8, 4) is 0 Å². The monoisotopic (exact) mass is 216 g/mol. The van der Waals surface area contributed by atoms with Crippen molar-refractivity contribution in [1.82, 2.24) is 10.2 Å². The second-order valence-corrected chi connectivity index (χ2v) is 3.76. The van der Waals surface area contributed by atoms with Crippen LogP contribution in [0.25, 0.3) is 10.9 Å². The standard InChI is InChI=1S/C12H16N4/c1-2-9(7-13)15-12-8-14-16-11-6-4-3-5-10(11)12/h3-6,8-9H,2,7,13H2,1H3,(H,15,16). The van der Waals surface area contributed by atoms with Crippen molar-refractivity contribution in [3.63, 3.8) is 0 Å². The zero-order valence-electron chi connectivity index (χ0n) is 9.35. The molecule has 1 atom stereocenters. The Labute approximate surface area is 94.9 Å². The maximum Gasteiger partial charge on any atom is 0.0950 e. The second-order valence-electron chi connectivity index (χ2n) is 3.76. The lowest BCUT2D eigenvalue weighted by Crippen LogP contribution is -2.28. The molecule has 0 spiro atoms. The Hall–Kier alpha value is -1.68. The van der Waals surface area contributed by atoms with Crippen LogP contribution in [0.5, 0.6) is 0 Å². The summed E-state index contributed by atoms with van der Waals surface area (Å²) in [5.74, 6) is 0. The van der Waals surface area contributed by atoms with E-state index >= 15 is 0 Å². The van der Waals surface area contributed by atoms with Gasteiger partial charge in [0.15, 0.2) is 0 Å². The highest BCUT2D eigenvalue weighted by Gasteiger charge is 2.06. The maximum atomic E-state index is 5.68. The molecule has 16 heavy (non-hydrogen) atoms. The Morgan fingerprint density at radius 3 is 2.94 bits per heavy atom. The lowest BCUT2D eigenvalue weighted by Gasteiger charge is -2.16. The molecule has 3 N–H and O–H groups in total. The number of hydrogen-bond acceptors (Lipinski definition) is 4. The minimum Gasteiger partial charge on any atom is -0.379 e. The maximum absolute atomic E-state index is 5.68. The van der Waals surface area contributed by atoms with E-state index < -0.39 is 0 Å². The fraction of sp³-hybridized carbons (Fsp3) is 0.333. The highest BCUT2D eigenvalue weighted by Crippen LogP contribution is 2.20. The first-order chi connectivity index (χ1) is 7.85. The summed E-state index contributed by atoms with van der Waals surface area (Å²) in [6.45, 7) is 2.73. The van der Waals surface area contributed by atoms with Crippen molar-refractivity contribution in [1.29, 1.82) is 0 Å². The number of anilines is 1. The summed E-state index contributed by atoms with van der Waals surface area (Å²) in [5.41, 5.74) is 7.58. The van der Waals surface area contributed by atoms with E-state index in [2.05, 4.69) is 22.4 Å². The van der Waals surface area contributed by atoms with E-state index in [0.29, 0.717) is 6.54 Å². The van der Waals surface area contributed by atoms with E-state index in [1.54, 1.807) is 6.20 Å². The molecule has 1 aromatic heterocycles. The van der Waals surface area contributed by atoms with Crippen LogP contribution >= 0.6 is 0 Å². The molecule has 0 radical (unpaired) electrons. The normalized spacial score (nSPS) is 12.6. The van der Waals surface area contributed by atoms with Gasteiger partial charge in [-0.3, -0.25) is 0 Å². The molecule has 0 fully saturated rings. The lowest BCUT2D eigenvalue weighted by atomic mass is 10.1. The molecule has 0 aliphatic heterocycles. The third-order valence-corrected chi connectivity index (χ3v) is 2.68. The molecule has 1 heterocycles. The largest absolute Gasteiger partial charge is 0.379 e. The predicted octanol–water partition coefficient (Wildman–Crippen LogP) is 1.78. The first kappa shape index (κ1) is 10.8.